The average molecular weight is 392 g/mol. The Balaban J connectivity index is 1.66. The van der Waals surface area contributed by atoms with E-state index in [-0.39, 0.29) is 5.56 Å². The van der Waals surface area contributed by atoms with Crippen molar-refractivity contribution < 1.29 is 18.0 Å². The molecule has 1 amide bonds. The zero-order chi connectivity index (χ0) is 20.4. The zero-order valence-electron chi connectivity index (χ0n) is 15.1. The molecule has 0 aliphatic carbocycles. The summed E-state index contributed by atoms with van der Waals surface area (Å²) in [6, 6.07) is 21.9. The lowest BCUT2D eigenvalue weighted by molar-refractivity contribution is -0.137. The van der Waals surface area contributed by atoms with E-state index in [0.717, 1.165) is 39.2 Å². The van der Waals surface area contributed by atoms with Gasteiger partial charge in [-0.05, 0) is 45.8 Å². The second-order valence-electron chi connectivity index (χ2n) is 6.51. The second-order valence-corrected chi connectivity index (χ2v) is 6.51. The van der Waals surface area contributed by atoms with Crippen LogP contribution in [0.5, 0.6) is 0 Å². The number of alkyl halides is 3. The highest BCUT2D eigenvalue weighted by Gasteiger charge is 2.30. The van der Waals surface area contributed by atoms with E-state index in [0.29, 0.717) is 0 Å². The van der Waals surface area contributed by atoms with E-state index in [1.807, 2.05) is 48.5 Å². The lowest BCUT2D eigenvalue weighted by atomic mass is 9.97. The van der Waals surface area contributed by atoms with Gasteiger partial charge in [-0.25, -0.2) is 5.43 Å². The first-order valence-electron chi connectivity index (χ1n) is 8.84. The Kier molecular flexibility index (Phi) is 4.76. The van der Waals surface area contributed by atoms with Crippen molar-refractivity contribution in [1.82, 2.24) is 5.43 Å². The van der Waals surface area contributed by atoms with Crippen molar-refractivity contribution in [2.24, 2.45) is 5.10 Å². The van der Waals surface area contributed by atoms with E-state index >= 15 is 0 Å². The van der Waals surface area contributed by atoms with Gasteiger partial charge in [0.1, 0.15) is 0 Å². The summed E-state index contributed by atoms with van der Waals surface area (Å²) in [4.78, 5) is 12.2. The third-order valence-corrected chi connectivity index (χ3v) is 4.62. The number of halogens is 3. The first-order valence-corrected chi connectivity index (χ1v) is 8.84. The fraction of sp³-hybridized carbons (Fsp3) is 0.0435. The average Bonchev–Trinajstić information content (AvgIpc) is 2.72. The highest BCUT2D eigenvalue weighted by molar-refractivity contribution is 6.13. The molecule has 4 aromatic carbocycles. The summed E-state index contributed by atoms with van der Waals surface area (Å²) >= 11 is 0. The predicted octanol–water partition coefficient (Wildman–Crippen LogP) is 5.78. The van der Waals surface area contributed by atoms with Crippen LogP contribution in [0.25, 0.3) is 21.5 Å². The van der Waals surface area contributed by atoms with E-state index < -0.39 is 17.6 Å². The lowest BCUT2D eigenvalue weighted by Crippen LogP contribution is -2.18. The molecule has 144 valence electrons. The Morgan fingerprint density at radius 3 is 2.07 bits per heavy atom. The van der Waals surface area contributed by atoms with E-state index in [4.69, 9.17) is 0 Å². The summed E-state index contributed by atoms with van der Waals surface area (Å²) < 4.78 is 38.5. The molecular formula is C23H15F3N2O. The molecule has 0 spiro atoms. The van der Waals surface area contributed by atoms with Crippen LogP contribution in [-0.4, -0.2) is 12.1 Å². The summed E-state index contributed by atoms with van der Waals surface area (Å²) in [5, 5.41) is 7.98. The van der Waals surface area contributed by atoms with Crippen LogP contribution in [0, 0.1) is 0 Å². The Bertz CT molecular complexity index is 1190. The number of hydrogen-bond acceptors (Lipinski definition) is 2. The van der Waals surface area contributed by atoms with Crippen LogP contribution < -0.4 is 5.43 Å². The summed E-state index contributed by atoms with van der Waals surface area (Å²) in [7, 11) is 0. The van der Waals surface area contributed by atoms with Gasteiger partial charge in [-0.3, -0.25) is 4.79 Å². The highest BCUT2D eigenvalue weighted by Crippen LogP contribution is 2.30. The van der Waals surface area contributed by atoms with Crippen molar-refractivity contribution in [1.29, 1.82) is 0 Å². The molecule has 1 N–H and O–H groups in total. The van der Waals surface area contributed by atoms with Crippen molar-refractivity contribution in [3.63, 3.8) is 0 Å². The van der Waals surface area contributed by atoms with E-state index in [2.05, 4.69) is 16.6 Å². The summed E-state index contributed by atoms with van der Waals surface area (Å²) in [6.07, 6.45) is -2.99. The molecule has 4 aromatic rings. The maximum Gasteiger partial charge on any atom is 0.416 e. The third-order valence-electron chi connectivity index (χ3n) is 4.62. The normalized spacial score (nSPS) is 12.0. The number of rotatable bonds is 3. The number of hydrazone groups is 1. The van der Waals surface area contributed by atoms with Gasteiger partial charge in [0, 0.05) is 11.1 Å². The SMILES string of the molecule is O=C(NN=Cc1c2ccccc2cc2ccccc12)c1cccc(C(F)(F)F)c1. The van der Waals surface area contributed by atoms with Gasteiger partial charge >= 0.3 is 6.18 Å². The number of fused-ring (bicyclic) bond motifs is 2. The number of benzene rings is 4. The van der Waals surface area contributed by atoms with E-state index in [1.165, 1.54) is 18.3 Å². The molecule has 3 nitrogen and oxygen atoms in total. The lowest BCUT2D eigenvalue weighted by Gasteiger charge is -2.09. The third kappa shape index (κ3) is 3.82. The van der Waals surface area contributed by atoms with Gasteiger partial charge < -0.3 is 0 Å². The topological polar surface area (TPSA) is 41.5 Å². The maximum absolute atomic E-state index is 12.8. The number of nitrogens with zero attached hydrogens (tertiary/aromatic N) is 1. The zero-order valence-corrected chi connectivity index (χ0v) is 15.1. The summed E-state index contributed by atoms with van der Waals surface area (Å²) in [6.45, 7) is 0. The quantitative estimate of drug-likeness (QED) is 0.268. The van der Waals surface area contributed by atoms with Crippen LogP contribution in [0.2, 0.25) is 0 Å². The first kappa shape index (κ1) is 18.7. The second kappa shape index (κ2) is 7.39. The predicted molar refractivity (Wildman–Crippen MR) is 108 cm³/mol. The van der Waals surface area contributed by atoms with Gasteiger partial charge in [0.2, 0.25) is 0 Å². The van der Waals surface area contributed by atoms with Crippen LogP contribution in [-0.2, 0) is 6.18 Å². The molecule has 0 bridgehead atoms. The Hall–Kier alpha value is -3.67. The number of nitrogens with one attached hydrogen (secondary N) is 1. The minimum Gasteiger partial charge on any atom is -0.267 e. The van der Waals surface area contributed by atoms with Gasteiger partial charge in [-0.2, -0.15) is 18.3 Å². The largest absolute Gasteiger partial charge is 0.416 e. The Morgan fingerprint density at radius 2 is 1.45 bits per heavy atom. The van der Waals surface area contributed by atoms with Gasteiger partial charge in [0.15, 0.2) is 0 Å². The fourth-order valence-corrected chi connectivity index (χ4v) is 3.24. The summed E-state index contributed by atoms with van der Waals surface area (Å²) in [5.74, 6) is -0.711. The Labute approximate surface area is 164 Å². The van der Waals surface area contributed by atoms with Crippen LogP contribution in [0.3, 0.4) is 0 Å². The van der Waals surface area contributed by atoms with Crippen LogP contribution >= 0.6 is 0 Å². The van der Waals surface area contributed by atoms with Gasteiger partial charge in [0.05, 0.1) is 11.8 Å². The van der Waals surface area contributed by atoms with Crippen molar-refractivity contribution in [3.8, 4) is 0 Å². The van der Waals surface area contributed by atoms with Crippen molar-refractivity contribution in [2.75, 3.05) is 0 Å². The minimum absolute atomic E-state index is 0.111. The number of hydrogen-bond donors (Lipinski definition) is 1. The van der Waals surface area contributed by atoms with Gasteiger partial charge in [0.25, 0.3) is 5.91 Å². The van der Waals surface area contributed by atoms with Crippen LogP contribution in [0.15, 0.2) is 84.0 Å². The molecule has 6 heteroatoms. The molecule has 0 saturated carbocycles. The molecule has 0 radical (unpaired) electrons. The molecule has 0 aromatic heterocycles. The van der Waals surface area contributed by atoms with Crippen LogP contribution in [0.4, 0.5) is 13.2 Å². The molecule has 0 aliphatic rings. The molecule has 0 heterocycles. The number of carbonyl (C=O) groups excluding carboxylic acids is 1. The highest BCUT2D eigenvalue weighted by atomic mass is 19.4. The minimum atomic E-state index is -4.51. The number of carbonyl (C=O) groups is 1. The van der Waals surface area contributed by atoms with Crippen molar-refractivity contribution in [2.45, 2.75) is 6.18 Å². The molecule has 0 aliphatic heterocycles. The molecular weight excluding hydrogens is 377 g/mol. The molecule has 4 rings (SSSR count). The van der Waals surface area contributed by atoms with E-state index in [1.54, 1.807) is 0 Å². The number of amides is 1. The molecule has 0 saturated heterocycles. The standard InChI is InChI=1S/C23H15F3N2O/c24-23(25,26)18-9-5-8-17(13-18)22(29)28-27-14-21-19-10-3-1-6-15(19)12-16-7-2-4-11-20(16)21/h1-14H,(H,28,29). The van der Waals surface area contributed by atoms with Crippen molar-refractivity contribution in [3.05, 3.63) is 95.6 Å². The molecule has 0 unspecified atom stereocenters. The van der Waals surface area contributed by atoms with Crippen molar-refractivity contribution >= 4 is 33.7 Å². The molecule has 0 fully saturated rings. The monoisotopic (exact) mass is 392 g/mol. The van der Waals surface area contributed by atoms with Gasteiger partial charge in [-0.1, -0.05) is 54.6 Å². The van der Waals surface area contributed by atoms with E-state index in [9.17, 15) is 18.0 Å². The van der Waals surface area contributed by atoms with Crippen LogP contribution in [0.1, 0.15) is 21.5 Å². The first-order chi connectivity index (χ1) is 13.9. The van der Waals surface area contributed by atoms with Gasteiger partial charge in [-0.15, -0.1) is 0 Å². The molecule has 0 atom stereocenters. The smallest absolute Gasteiger partial charge is 0.267 e. The Morgan fingerprint density at radius 1 is 0.828 bits per heavy atom. The molecule has 29 heavy (non-hydrogen) atoms. The maximum atomic E-state index is 12.8. The fourth-order valence-electron chi connectivity index (χ4n) is 3.24. The summed E-state index contributed by atoms with van der Waals surface area (Å²) in [5.41, 5.74) is 2.15.